The van der Waals surface area contributed by atoms with E-state index in [0.29, 0.717) is 16.9 Å². The molecule has 0 aliphatic carbocycles. The van der Waals surface area contributed by atoms with E-state index in [1.807, 2.05) is 0 Å². The number of tetrazole rings is 1. The average molecular weight is 332 g/mol. The van der Waals surface area contributed by atoms with Gasteiger partial charge >= 0.3 is 5.97 Å². The maximum Gasteiger partial charge on any atom is 0.331 e. The van der Waals surface area contributed by atoms with Crippen molar-refractivity contribution in [3.8, 4) is 0 Å². The molecule has 1 aromatic rings. The van der Waals surface area contributed by atoms with Crippen molar-refractivity contribution >= 4 is 26.5 Å². The van der Waals surface area contributed by atoms with Crippen LogP contribution >= 0.6 is 15.9 Å². The number of halogens is 1. The highest BCUT2D eigenvalue weighted by molar-refractivity contribution is 9.18. The minimum absolute atomic E-state index is 0.328. The van der Waals surface area contributed by atoms with Crippen LogP contribution in [0.4, 0.5) is 0 Å². The van der Waals surface area contributed by atoms with Crippen molar-refractivity contribution in [1.82, 2.24) is 20.2 Å². The summed E-state index contributed by atoms with van der Waals surface area (Å²) in [5.74, 6) is -0.671. The fraction of sp³-hybridized carbons (Fsp3) is 0.700. The summed E-state index contributed by atoms with van der Waals surface area (Å²) in [6, 6.07) is -0.889. The van der Waals surface area contributed by atoms with Crippen LogP contribution in [0.1, 0.15) is 45.2 Å². The number of rotatable bonds is 3. The van der Waals surface area contributed by atoms with Gasteiger partial charge in [-0.2, -0.15) is 0 Å². The predicted molar refractivity (Wildman–Crippen MR) is 68.7 cm³/mol. The molecular weight excluding hydrogens is 318 g/mol. The van der Waals surface area contributed by atoms with Gasteiger partial charge in [0.25, 0.3) is 0 Å². The number of carbonyl (C=O) groups is 1. The van der Waals surface area contributed by atoms with Crippen molar-refractivity contribution in [2.24, 2.45) is 10.6 Å². The highest BCUT2D eigenvalue weighted by atomic mass is 79.9. The van der Waals surface area contributed by atoms with Gasteiger partial charge in [-0.05, 0) is 26.6 Å². The summed E-state index contributed by atoms with van der Waals surface area (Å²) in [5, 5.41) is 24.8. The second-order valence-electron chi connectivity index (χ2n) is 5.34. The minimum Gasteiger partial charge on any atom is -0.480 e. The number of aromatic nitrogens is 4. The molecule has 0 bridgehead atoms. The van der Waals surface area contributed by atoms with Gasteiger partial charge in [0.15, 0.2) is 12.1 Å². The van der Waals surface area contributed by atoms with Crippen LogP contribution in [-0.4, -0.2) is 35.9 Å². The van der Waals surface area contributed by atoms with Gasteiger partial charge in [-0.15, -0.1) is 15.0 Å². The SMILES string of the molecule is CC(C)(C)C(C(=O)O)n1nnc(C2CC(Br)=NO2)n1. The third kappa shape index (κ3) is 2.91. The van der Waals surface area contributed by atoms with Crippen LogP contribution in [0.3, 0.4) is 0 Å². The van der Waals surface area contributed by atoms with Gasteiger partial charge in [-0.25, -0.2) is 4.79 Å². The molecule has 0 amide bonds. The molecule has 2 unspecified atom stereocenters. The van der Waals surface area contributed by atoms with Gasteiger partial charge in [0.05, 0.1) is 0 Å². The van der Waals surface area contributed by atoms with E-state index >= 15 is 0 Å². The maximum absolute atomic E-state index is 11.3. The van der Waals surface area contributed by atoms with Crippen molar-refractivity contribution in [3.63, 3.8) is 0 Å². The Morgan fingerprint density at radius 3 is 2.74 bits per heavy atom. The third-order valence-electron chi connectivity index (χ3n) is 2.65. The molecule has 0 spiro atoms. The third-order valence-corrected chi connectivity index (χ3v) is 3.12. The van der Waals surface area contributed by atoms with Crippen molar-refractivity contribution < 1.29 is 14.7 Å². The molecule has 0 saturated carbocycles. The quantitative estimate of drug-likeness (QED) is 0.900. The van der Waals surface area contributed by atoms with Crippen LogP contribution in [0.2, 0.25) is 0 Å². The molecule has 19 heavy (non-hydrogen) atoms. The van der Waals surface area contributed by atoms with Gasteiger partial charge < -0.3 is 9.94 Å². The first-order chi connectivity index (χ1) is 8.79. The lowest BCUT2D eigenvalue weighted by Crippen LogP contribution is -2.33. The molecule has 9 heteroatoms. The normalized spacial score (nSPS) is 20.8. The molecule has 1 N–H and O–H groups in total. The summed E-state index contributed by atoms with van der Waals surface area (Å²) in [7, 11) is 0. The molecule has 1 aromatic heterocycles. The first kappa shape index (κ1) is 13.9. The highest BCUT2D eigenvalue weighted by Gasteiger charge is 2.36. The second kappa shape index (κ2) is 4.87. The Kier molecular flexibility index (Phi) is 3.57. The summed E-state index contributed by atoms with van der Waals surface area (Å²) < 4.78 is 0.666. The number of hydrogen-bond donors (Lipinski definition) is 1. The average Bonchev–Trinajstić information content (AvgIpc) is 2.84. The fourth-order valence-electron chi connectivity index (χ4n) is 1.78. The number of hydrogen-bond acceptors (Lipinski definition) is 6. The molecule has 0 aromatic carbocycles. The lowest BCUT2D eigenvalue weighted by atomic mass is 9.87. The highest BCUT2D eigenvalue weighted by Crippen LogP contribution is 2.31. The van der Waals surface area contributed by atoms with Gasteiger partial charge in [0.2, 0.25) is 5.82 Å². The largest absolute Gasteiger partial charge is 0.480 e. The summed E-state index contributed by atoms with van der Waals surface area (Å²) in [4.78, 5) is 17.6. The molecule has 2 heterocycles. The predicted octanol–water partition coefficient (Wildman–Crippen LogP) is 1.51. The van der Waals surface area contributed by atoms with Crippen molar-refractivity contribution in [2.75, 3.05) is 0 Å². The number of carboxylic acid groups (broad SMARTS) is 1. The Bertz CT molecular complexity index is 521. The zero-order valence-electron chi connectivity index (χ0n) is 10.7. The van der Waals surface area contributed by atoms with Gasteiger partial charge in [-0.1, -0.05) is 25.9 Å². The smallest absolute Gasteiger partial charge is 0.331 e. The molecule has 0 fully saturated rings. The zero-order chi connectivity index (χ0) is 14.2. The Morgan fingerprint density at radius 2 is 2.26 bits per heavy atom. The summed E-state index contributed by atoms with van der Waals surface area (Å²) in [6.45, 7) is 5.42. The molecule has 0 radical (unpaired) electrons. The van der Waals surface area contributed by atoms with Crippen LogP contribution in [0.15, 0.2) is 5.16 Å². The lowest BCUT2D eigenvalue weighted by Gasteiger charge is -2.25. The van der Waals surface area contributed by atoms with Gasteiger partial charge in [0.1, 0.15) is 4.62 Å². The molecule has 8 nitrogen and oxygen atoms in total. The van der Waals surface area contributed by atoms with Crippen LogP contribution in [0.5, 0.6) is 0 Å². The molecule has 2 rings (SSSR count). The number of nitrogens with zero attached hydrogens (tertiary/aromatic N) is 5. The van der Waals surface area contributed by atoms with Gasteiger partial charge in [-0.3, -0.25) is 0 Å². The fourth-order valence-corrected chi connectivity index (χ4v) is 2.15. The van der Waals surface area contributed by atoms with E-state index in [2.05, 4.69) is 36.5 Å². The Labute approximate surface area is 117 Å². The van der Waals surface area contributed by atoms with E-state index in [0.717, 1.165) is 4.80 Å². The minimum atomic E-state index is -0.999. The summed E-state index contributed by atoms with van der Waals surface area (Å²) in [5.41, 5.74) is -0.530. The Morgan fingerprint density at radius 1 is 1.58 bits per heavy atom. The molecule has 1 aliphatic rings. The topological polar surface area (TPSA) is 102 Å². The monoisotopic (exact) mass is 331 g/mol. The molecule has 2 atom stereocenters. The number of carboxylic acids is 1. The van der Waals surface area contributed by atoms with E-state index < -0.39 is 23.5 Å². The van der Waals surface area contributed by atoms with Crippen molar-refractivity contribution in [2.45, 2.75) is 39.3 Å². The van der Waals surface area contributed by atoms with Crippen LogP contribution in [-0.2, 0) is 9.63 Å². The standard InChI is InChI=1S/C10H14BrN5O3/c1-10(2,3)7(9(17)18)16-13-8(12-15-16)5-4-6(11)14-19-5/h5,7H,4H2,1-3H3,(H,17,18). The van der Waals surface area contributed by atoms with Crippen molar-refractivity contribution in [1.29, 1.82) is 0 Å². The summed E-state index contributed by atoms with van der Waals surface area (Å²) in [6.07, 6.45) is 0.0939. The Hall–Kier alpha value is -1.51. The van der Waals surface area contributed by atoms with Gasteiger partial charge in [0, 0.05) is 6.42 Å². The Balaban J connectivity index is 2.22. The summed E-state index contributed by atoms with van der Waals surface area (Å²) >= 11 is 3.21. The van der Waals surface area contributed by atoms with E-state index in [9.17, 15) is 9.90 Å². The van der Waals surface area contributed by atoms with Crippen molar-refractivity contribution in [3.05, 3.63) is 5.82 Å². The van der Waals surface area contributed by atoms with E-state index in [-0.39, 0.29) is 0 Å². The van der Waals surface area contributed by atoms with Crippen LogP contribution < -0.4 is 0 Å². The molecule has 0 saturated heterocycles. The number of oxime groups is 1. The molecule has 1 aliphatic heterocycles. The molecule has 104 valence electrons. The second-order valence-corrected chi connectivity index (χ2v) is 6.26. The van der Waals surface area contributed by atoms with Crippen LogP contribution in [0.25, 0.3) is 0 Å². The first-order valence-electron chi connectivity index (χ1n) is 5.69. The van der Waals surface area contributed by atoms with E-state index in [4.69, 9.17) is 4.84 Å². The van der Waals surface area contributed by atoms with E-state index in [1.165, 1.54) is 0 Å². The number of aliphatic carboxylic acids is 1. The van der Waals surface area contributed by atoms with E-state index in [1.54, 1.807) is 20.8 Å². The van der Waals surface area contributed by atoms with Crippen LogP contribution in [0, 0.1) is 5.41 Å². The maximum atomic E-state index is 11.3. The lowest BCUT2D eigenvalue weighted by molar-refractivity contribution is -0.145. The first-order valence-corrected chi connectivity index (χ1v) is 6.48. The zero-order valence-corrected chi connectivity index (χ0v) is 12.3. The molecular formula is C10H14BrN5O3.